The maximum Gasteiger partial charge on any atom is 0.123 e. The third-order valence-corrected chi connectivity index (χ3v) is 4.05. The van der Waals surface area contributed by atoms with Crippen molar-refractivity contribution in [1.82, 2.24) is 5.32 Å². The van der Waals surface area contributed by atoms with Crippen molar-refractivity contribution in [1.29, 1.82) is 0 Å². The first-order valence-electron chi connectivity index (χ1n) is 6.83. The van der Waals surface area contributed by atoms with Crippen molar-refractivity contribution >= 4 is 23.2 Å². The average molecular weight is 324 g/mol. The second kappa shape index (κ2) is 7.17. The Kier molecular flexibility index (Phi) is 5.51. The lowest BCUT2D eigenvalue weighted by atomic mass is 10.0. The summed E-state index contributed by atoms with van der Waals surface area (Å²) in [5, 5.41) is 4.80. The zero-order chi connectivity index (χ0) is 15.4. The van der Waals surface area contributed by atoms with Crippen LogP contribution in [0.4, 0.5) is 0 Å². The minimum absolute atomic E-state index is 0.159. The van der Waals surface area contributed by atoms with Gasteiger partial charge in [-0.25, -0.2) is 0 Å². The van der Waals surface area contributed by atoms with Crippen LogP contribution in [0.25, 0.3) is 0 Å². The zero-order valence-electron chi connectivity index (χ0n) is 12.4. The van der Waals surface area contributed by atoms with Crippen LogP contribution in [0.15, 0.2) is 36.4 Å². The second-order valence-corrected chi connectivity index (χ2v) is 5.93. The monoisotopic (exact) mass is 323 g/mol. The normalized spacial score (nSPS) is 12.2. The first-order valence-corrected chi connectivity index (χ1v) is 7.58. The summed E-state index contributed by atoms with van der Waals surface area (Å²) in [4.78, 5) is 0. The molecular formula is C17H19Cl2NO. The van der Waals surface area contributed by atoms with Crippen molar-refractivity contribution in [2.45, 2.75) is 26.4 Å². The molecular weight excluding hydrogens is 305 g/mol. The topological polar surface area (TPSA) is 21.3 Å². The van der Waals surface area contributed by atoms with Crippen LogP contribution in [-0.4, -0.2) is 7.11 Å². The summed E-state index contributed by atoms with van der Waals surface area (Å²) in [6.07, 6.45) is 0. The Morgan fingerprint density at radius 1 is 1.14 bits per heavy atom. The highest BCUT2D eigenvalue weighted by Gasteiger charge is 2.12. The fourth-order valence-corrected chi connectivity index (χ4v) is 2.71. The summed E-state index contributed by atoms with van der Waals surface area (Å²) in [5.74, 6) is 0.891. The van der Waals surface area contributed by atoms with Crippen molar-refractivity contribution < 1.29 is 4.74 Å². The van der Waals surface area contributed by atoms with Gasteiger partial charge in [0.05, 0.1) is 7.11 Å². The summed E-state index contributed by atoms with van der Waals surface area (Å²) in [5.41, 5.74) is 3.38. The van der Waals surface area contributed by atoms with E-state index in [1.165, 1.54) is 5.56 Å². The highest BCUT2D eigenvalue weighted by molar-refractivity contribution is 6.35. The van der Waals surface area contributed by atoms with Crippen LogP contribution < -0.4 is 10.1 Å². The van der Waals surface area contributed by atoms with Gasteiger partial charge < -0.3 is 10.1 Å². The fourth-order valence-electron chi connectivity index (χ4n) is 2.23. The van der Waals surface area contributed by atoms with E-state index in [-0.39, 0.29) is 6.04 Å². The molecule has 2 rings (SSSR count). The van der Waals surface area contributed by atoms with Gasteiger partial charge in [0.1, 0.15) is 5.75 Å². The summed E-state index contributed by atoms with van der Waals surface area (Å²) in [6, 6.07) is 11.9. The predicted octanol–water partition coefficient (Wildman–Crippen LogP) is 5.16. The lowest BCUT2D eigenvalue weighted by Gasteiger charge is -2.18. The maximum atomic E-state index is 6.19. The summed E-state index contributed by atoms with van der Waals surface area (Å²) in [6.45, 7) is 4.86. The molecule has 0 fully saturated rings. The molecule has 1 atom stereocenters. The van der Waals surface area contributed by atoms with Crippen LogP contribution in [0.1, 0.15) is 29.7 Å². The van der Waals surface area contributed by atoms with E-state index in [2.05, 4.69) is 25.2 Å². The van der Waals surface area contributed by atoms with Gasteiger partial charge in [-0.15, -0.1) is 0 Å². The Balaban J connectivity index is 2.11. The Hall–Kier alpha value is -1.22. The molecule has 21 heavy (non-hydrogen) atoms. The van der Waals surface area contributed by atoms with Crippen molar-refractivity contribution in [2.24, 2.45) is 0 Å². The molecule has 112 valence electrons. The van der Waals surface area contributed by atoms with Crippen molar-refractivity contribution in [3.05, 3.63) is 63.1 Å². The molecule has 1 unspecified atom stereocenters. The molecule has 0 spiro atoms. The lowest BCUT2D eigenvalue weighted by Crippen LogP contribution is -2.19. The standard InChI is InChI=1S/C17H19Cl2NO/c1-11-4-7-17(21-3)15(8-11)12(2)20-10-13-5-6-14(18)9-16(13)19/h4-9,12,20H,10H2,1-3H3. The molecule has 0 bridgehead atoms. The Labute approximate surface area is 136 Å². The molecule has 4 heteroatoms. The van der Waals surface area contributed by atoms with Crippen LogP contribution >= 0.6 is 23.2 Å². The third kappa shape index (κ3) is 4.13. The van der Waals surface area contributed by atoms with E-state index in [4.69, 9.17) is 27.9 Å². The maximum absolute atomic E-state index is 6.19. The number of rotatable bonds is 5. The van der Waals surface area contributed by atoms with Gasteiger partial charge in [-0.2, -0.15) is 0 Å². The molecule has 0 aromatic heterocycles. The SMILES string of the molecule is COc1ccc(C)cc1C(C)NCc1ccc(Cl)cc1Cl. The number of hydrogen-bond acceptors (Lipinski definition) is 2. The minimum Gasteiger partial charge on any atom is -0.496 e. The third-order valence-electron chi connectivity index (χ3n) is 3.47. The number of nitrogens with one attached hydrogen (secondary N) is 1. The van der Waals surface area contributed by atoms with E-state index < -0.39 is 0 Å². The summed E-state index contributed by atoms with van der Waals surface area (Å²) < 4.78 is 5.43. The summed E-state index contributed by atoms with van der Waals surface area (Å²) >= 11 is 12.1. The Morgan fingerprint density at radius 3 is 2.57 bits per heavy atom. The van der Waals surface area contributed by atoms with Gasteiger partial charge in [0.2, 0.25) is 0 Å². The summed E-state index contributed by atoms with van der Waals surface area (Å²) in [7, 11) is 1.69. The zero-order valence-corrected chi connectivity index (χ0v) is 13.9. The van der Waals surface area contributed by atoms with Gasteiger partial charge in [0.25, 0.3) is 0 Å². The molecule has 0 radical (unpaired) electrons. The molecule has 0 saturated carbocycles. The van der Waals surface area contributed by atoms with E-state index in [1.54, 1.807) is 13.2 Å². The quantitative estimate of drug-likeness (QED) is 0.820. The number of hydrogen-bond donors (Lipinski definition) is 1. The van der Waals surface area contributed by atoms with Crippen molar-refractivity contribution in [3.63, 3.8) is 0 Å². The first kappa shape index (κ1) is 16.2. The molecule has 2 nitrogen and oxygen atoms in total. The second-order valence-electron chi connectivity index (χ2n) is 5.08. The lowest BCUT2D eigenvalue weighted by molar-refractivity contribution is 0.401. The van der Waals surface area contributed by atoms with Crippen molar-refractivity contribution in [2.75, 3.05) is 7.11 Å². The van der Waals surface area contributed by atoms with Gasteiger partial charge >= 0.3 is 0 Å². The Bertz CT molecular complexity index is 628. The van der Waals surface area contributed by atoms with E-state index >= 15 is 0 Å². The predicted molar refractivity (Wildman–Crippen MR) is 89.4 cm³/mol. The Morgan fingerprint density at radius 2 is 1.90 bits per heavy atom. The molecule has 0 aliphatic heterocycles. The van der Waals surface area contributed by atoms with E-state index in [9.17, 15) is 0 Å². The molecule has 2 aromatic rings. The number of benzene rings is 2. The van der Waals surface area contributed by atoms with Crippen molar-refractivity contribution in [3.8, 4) is 5.75 Å². The first-order chi connectivity index (χ1) is 10.0. The van der Waals surface area contributed by atoms with Gasteiger partial charge in [0, 0.05) is 28.2 Å². The number of halogens is 2. The van der Waals surface area contributed by atoms with Crippen LogP contribution in [-0.2, 0) is 6.54 Å². The average Bonchev–Trinajstić information content (AvgIpc) is 2.46. The molecule has 0 heterocycles. The van der Waals surface area contributed by atoms with Crippen LogP contribution in [0.3, 0.4) is 0 Å². The molecule has 0 aliphatic rings. The molecule has 1 N–H and O–H groups in total. The molecule has 0 amide bonds. The van der Waals surface area contributed by atoms with Crippen LogP contribution in [0.2, 0.25) is 10.0 Å². The highest BCUT2D eigenvalue weighted by atomic mass is 35.5. The minimum atomic E-state index is 0.159. The molecule has 0 saturated heterocycles. The fraction of sp³-hybridized carbons (Fsp3) is 0.294. The highest BCUT2D eigenvalue weighted by Crippen LogP contribution is 2.27. The van der Waals surface area contributed by atoms with Gasteiger partial charge in [-0.1, -0.05) is 47.0 Å². The van der Waals surface area contributed by atoms with Crippen LogP contribution in [0.5, 0.6) is 5.75 Å². The van der Waals surface area contributed by atoms with E-state index in [0.29, 0.717) is 16.6 Å². The van der Waals surface area contributed by atoms with E-state index in [1.807, 2.05) is 24.3 Å². The van der Waals surface area contributed by atoms with Gasteiger partial charge in [-0.05, 0) is 37.6 Å². The van der Waals surface area contributed by atoms with Gasteiger partial charge in [0.15, 0.2) is 0 Å². The largest absolute Gasteiger partial charge is 0.496 e. The van der Waals surface area contributed by atoms with Gasteiger partial charge in [-0.3, -0.25) is 0 Å². The molecule has 0 aliphatic carbocycles. The van der Waals surface area contributed by atoms with E-state index in [0.717, 1.165) is 16.9 Å². The number of ether oxygens (including phenoxy) is 1. The molecule has 2 aromatic carbocycles. The number of aryl methyl sites for hydroxylation is 1. The smallest absolute Gasteiger partial charge is 0.123 e. The van der Waals surface area contributed by atoms with Crippen LogP contribution in [0, 0.1) is 6.92 Å². The number of methoxy groups -OCH3 is 1.